The third kappa shape index (κ3) is 7.48. The fraction of sp³-hybridized carbons (Fsp3) is 0.529. The lowest BCUT2D eigenvalue weighted by Gasteiger charge is -2.31. The first-order valence-corrected chi connectivity index (χ1v) is 7.87. The first-order valence-electron chi connectivity index (χ1n) is 7.87. The minimum absolute atomic E-state index is 0. The third-order valence-corrected chi connectivity index (χ3v) is 4.03. The molecule has 0 saturated carbocycles. The van der Waals surface area contributed by atoms with Gasteiger partial charge in [0.25, 0.3) is 0 Å². The second-order valence-corrected chi connectivity index (χ2v) is 5.50. The topological polar surface area (TPSA) is 84.2 Å². The van der Waals surface area contributed by atoms with Crippen molar-refractivity contribution in [2.75, 3.05) is 13.1 Å². The van der Waals surface area contributed by atoms with Gasteiger partial charge >= 0.3 is 0 Å². The van der Waals surface area contributed by atoms with Crippen LogP contribution in [-0.2, 0) is 16.0 Å². The number of carbonyl (C=O) groups excluding carboxylic acids is 2. The van der Waals surface area contributed by atoms with Crippen molar-refractivity contribution in [3.63, 3.8) is 0 Å². The highest BCUT2D eigenvalue weighted by Crippen LogP contribution is 2.13. The summed E-state index contributed by atoms with van der Waals surface area (Å²) in [6.45, 7) is 4.79. The van der Waals surface area contributed by atoms with Crippen molar-refractivity contribution in [2.45, 2.75) is 45.1 Å². The number of benzene rings is 1. The lowest BCUT2D eigenvalue weighted by atomic mass is 9.93. The van der Waals surface area contributed by atoms with Crippen LogP contribution in [0.2, 0.25) is 0 Å². The molecule has 0 atom stereocenters. The van der Waals surface area contributed by atoms with Gasteiger partial charge in [-0.25, -0.2) is 0 Å². The second kappa shape index (κ2) is 11.0. The van der Waals surface area contributed by atoms with Crippen LogP contribution in [0.1, 0.15) is 38.7 Å². The molecule has 23 heavy (non-hydrogen) atoms. The van der Waals surface area contributed by atoms with Gasteiger partial charge in [0.15, 0.2) is 0 Å². The average molecular weight is 342 g/mol. The summed E-state index contributed by atoms with van der Waals surface area (Å²) in [5.74, 6) is -0.149. The Kier molecular flexibility index (Phi) is 10.3. The van der Waals surface area contributed by atoms with Gasteiger partial charge in [-0.05, 0) is 18.4 Å². The summed E-state index contributed by atoms with van der Waals surface area (Å²) >= 11 is 0. The van der Waals surface area contributed by atoms with E-state index in [2.05, 4.69) is 10.6 Å². The van der Waals surface area contributed by atoms with E-state index in [1.54, 1.807) is 0 Å². The van der Waals surface area contributed by atoms with Crippen molar-refractivity contribution in [2.24, 2.45) is 5.73 Å². The Hall–Kier alpha value is -1.59. The lowest BCUT2D eigenvalue weighted by Crippen LogP contribution is -2.53. The van der Waals surface area contributed by atoms with E-state index in [0.29, 0.717) is 19.5 Å². The standard InChI is InChI=1S/C17H27N3O2.ClH/c1-3-17(4-2,13-18)20-15(21)10-11-19-16(22)12-14-8-6-5-7-9-14;/h5-9H,3-4,10-13,18H2,1-2H3,(H,19,22)(H,20,21);1H. The van der Waals surface area contributed by atoms with Gasteiger partial charge in [-0.2, -0.15) is 0 Å². The van der Waals surface area contributed by atoms with E-state index < -0.39 is 0 Å². The number of hydrogen-bond acceptors (Lipinski definition) is 3. The van der Waals surface area contributed by atoms with Crippen LogP contribution < -0.4 is 16.4 Å². The summed E-state index contributed by atoms with van der Waals surface area (Å²) in [6.07, 6.45) is 2.19. The van der Waals surface area contributed by atoms with E-state index in [1.165, 1.54) is 0 Å². The fourth-order valence-corrected chi connectivity index (χ4v) is 2.28. The minimum atomic E-state index is -0.328. The number of nitrogens with two attached hydrogens (primary N) is 1. The Morgan fingerprint density at radius 3 is 2.22 bits per heavy atom. The van der Waals surface area contributed by atoms with Gasteiger partial charge in [0.1, 0.15) is 0 Å². The van der Waals surface area contributed by atoms with Crippen LogP contribution in [0.5, 0.6) is 0 Å². The van der Waals surface area contributed by atoms with Gasteiger partial charge in [-0.15, -0.1) is 12.4 Å². The highest BCUT2D eigenvalue weighted by atomic mass is 35.5. The molecule has 6 heteroatoms. The molecule has 0 aliphatic rings. The Morgan fingerprint density at radius 2 is 1.70 bits per heavy atom. The molecule has 0 heterocycles. The molecular weight excluding hydrogens is 314 g/mol. The molecule has 1 aromatic carbocycles. The molecule has 0 bridgehead atoms. The summed E-state index contributed by atoms with van der Waals surface area (Å²) in [7, 11) is 0. The molecular formula is C17H28ClN3O2. The van der Waals surface area contributed by atoms with Gasteiger partial charge in [0.05, 0.1) is 12.0 Å². The Labute approximate surface area is 144 Å². The van der Waals surface area contributed by atoms with E-state index in [0.717, 1.165) is 18.4 Å². The zero-order valence-electron chi connectivity index (χ0n) is 13.9. The molecule has 0 unspecified atom stereocenters. The van der Waals surface area contributed by atoms with Crippen molar-refractivity contribution < 1.29 is 9.59 Å². The zero-order valence-corrected chi connectivity index (χ0v) is 14.7. The first kappa shape index (κ1) is 21.4. The van der Waals surface area contributed by atoms with Gasteiger partial charge in [-0.1, -0.05) is 44.2 Å². The van der Waals surface area contributed by atoms with E-state index in [-0.39, 0.29) is 36.2 Å². The van der Waals surface area contributed by atoms with Crippen molar-refractivity contribution in [1.29, 1.82) is 0 Å². The molecule has 0 aromatic heterocycles. The highest BCUT2D eigenvalue weighted by Gasteiger charge is 2.25. The molecule has 5 nitrogen and oxygen atoms in total. The number of carbonyl (C=O) groups is 2. The van der Waals surface area contributed by atoms with Gasteiger partial charge in [-0.3, -0.25) is 9.59 Å². The summed E-state index contributed by atoms with van der Waals surface area (Å²) in [5.41, 5.74) is 6.39. The van der Waals surface area contributed by atoms with Crippen molar-refractivity contribution in [3.05, 3.63) is 35.9 Å². The van der Waals surface area contributed by atoms with E-state index in [1.807, 2.05) is 44.2 Å². The largest absolute Gasteiger partial charge is 0.355 e. The maximum absolute atomic E-state index is 12.0. The monoisotopic (exact) mass is 341 g/mol. The number of amides is 2. The quantitative estimate of drug-likeness (QED) is 0.640. The van der Waals surface area contributed by atoms with Crippen LogP contribution in [0.15, 0.2) is 30.3 Å². The zero-order chi connectivity index (χ0) is 16.4. The fourth-order valence-electron chi connectivity index (χ4n) is 2.28. The second-order valence-electron chi connectivity index (χ2n) is 5.50. The molecule has 0 spiro atoms. The van der Waals surface area contributed by atoms with E-state index in [4.69, 9.17) is 5.73 Å². The van der Waals surface area contributed by atoms with E-state index >= 15 is 0 Å². The minimum Gasteiger partial charge on any atom is -0.355 e. The van der Waals surface area contributed by atoms with Gasteiger partial charge < -0.3 is 16.4 Å². The third-order valence-electron chi connectivity index (χ3n) is 4.03. The molecule has 4 N–H and O–H groups in total. The van der Waals surface area contributed by atoms with Crippen LogP contribution in [0, 0.1) is 0 Å². The predicted molar refractivity (Wildman–Crippen MR) is 95.5 cm³/mol. The maximum Gasteiger partial charge on any atom is 0.224 e. The molecule has 1 aromatic rings. The average Bonchev–Trinajstić information content (AvgIpc) is 2.53. The van der Waals surface area contributed by atoms with Gasteiger partial charge in [0, 0.05) is 19.5 Å². The number of rotatable bonds is 9. The SMILES string of the molecule is CCC(CC)(CN)NC(=O)CCNC(=O)Cc1ccccc1.Cl. The van der Waals surface area contributed by atoms with Crippen molar-refractivity contribution in [1.82, 2.24) is 10.6 Å². The summed E-state index contributed by atoms with van der Waals surface area (Å²) in [4.78, 5) is 23.7. The van der Waals surface area contributed by atoms with Crippen molar-refractivity contribution in [3.8, 4) is 0 Å². The lowest BCUT2D eigenvalue weighted by molar-refractivity contribution is -0.123. The smallest absolute Gasteiger partial charge is 0.224 e. The van der Waals surface area contributed by atoms with E-state index in [9.17, 15) is 9.59 Å². The van der Waals surface area contributed by atoms with Gasteiger partial charge in [0.2, 0.25) is 11.8 Å². The van der Waals surface area contributed by atoms with Crippen LogP contribution >= 0.6 is 12.4 Å². The van der Waals surface area contributed by atoms with Crippen LogP contribution in [0.3, 0.4) is 0 Å². The highest BCUT2D eigenvalue weighted by molar-refractivity contribution is 5.85. The normalized spacial score (nSPS) is 10.6. The molecule has 0 saturated heterocycles. The summed E-state index contributed by atoms with van der Waals surface area (Å²) in [5, 5.41) is 5.76. The number of halogens is 1. The van der Waals surface area contributed by atoms with Crippen LogP contribution in [0.25, 0.3) is 0 Å². The molecule has 130 valence electrons. The molecule has 1 rings (SSSR count). The Balaban J connectivity index is 0.00000484. The maximum atomic E-state index is 12.0. The van der Waals surface area contributed by atoms with Crippen LogP contribution in [-0.4, -0.2) is 30.4 Å². The Bertz CT molecular complexity index is 468. The molecule has 0 aliphatic heterocycles. The number of nitrogens with one attached hydrogen (secondary N) is 2. The summed E-state index contributed by atoms with van der Waals surface area (Å²) in [6, 6.07) is 9.53. The number of hydrogen-bond donors (Lipinski definition) is 3. The predicted octanol–water partition coefficient (Wildman–Crippen LogP) is 1.79. The molecule has 2 amide bonds. The first-order chi connectivity index (χ1) is 10.5. The molecule has 0 radical (unpaired) electrons. The molecule has 0 fully saturated rings. The summed E-state index contributed by atoms with van der Waals surface area (Å²) < 4.78 is 0. The Morgan fingerprint density at radius 1 is 1.09 bits per heavy atom. The van der Waals surface area contributed by atoms with Crippen molar-refractivity contribution >= 4 is 24.2 Å². The molecule has 0 aliphatic carbocycles. The van der Waals surface area contributed by atoms with Crippen LogP contribution in [0.4, 0.5) is 0 Å².